The zero-order valence-corrected chi connectivity index (χ0v) is 39.5. The fourth-order valence-electron chi connectivity index (χ4n) is 8.43. The lowest BCUT2D eigenvalue weighted by Crippen LogP contribution is -2.46. The zero-order chi connectivity index (χ0) is 42.4. The van der Waals surface area contributed by atoms with Crippen LogP contribution in [-0.2, 0) is 14.3 Å². The van der Waals surface area contributed by atoms with Crippen LogP contribution in [0.1, 0.15) is 297 Å². The predicted molar refractivity (Wildman–Crippen MR) is 250 cm³/mol. The monoisotopic (exact) mass is 822 g/mol. The maximum Gasteiger partial charge on any atom is 0.306 e. The fourth-order valence-corrected chi connectivity index (χ4v) is 8.43. The Labute approximate surface area is 362 Å². The highest BCUT2D eigenvalue weighted by atomic mass is 16.5. The van der Waals surface area contributed by atoms with Gasteiger partial charge in [0.1, 0.15) is 6.10 Å². The molecule has 0 aromatic carbocycles. The van der Waals surface area contributed by atoms with Crippen molar-refractivity contribution < 1.29 is 24.5 Å². The standard InChI is InChI=1S/C52H103NO5/c1-4-7-10-13-16-19-22-24-26-27-29-31-34-37-40-43-48(58-52(57)45-42-39-36-33-21-18-15-12-9-6-3)46-51(56)53-49(47-54)50(55)44-41-38-35-32-30-28-25-23-20-17-14-11-8-5-2/h48-50,54-55H,4-47H2,1-3H3,(H,53,56). The lowest BCUT2D eigenvalue weighted by Gasteiger charge is -2.24. The predicted octanol–water partition coefficient (Wildman–Crippen LogP) is 15.6. The highest BCUT2D eigenvalue weighted by Crippen LogP contribution is 2.19. The molecule has 0 saturated heterocycles. The molecule has 0 aliphatic rings. The molecule has 0 saturated carbocycles. The first kappa shape index (κ1) is 56.9. The molecule has 0 aromatic rings. The Morgan fingerprint density at radius 2 is 0.724 bits per heavy atom. The number of nitrogens with one attached hydrogen (secondary N) is 1. The molecule has 1 amide bonds. The minimum Gasteiger partial charge on any atom is -0.462 e. The van der Waals surface area contributed by atoms with Gasteiger partial charge in [-0.15, -0.1) is 0 Å². The molecule has 346 valence electrons. The third kappa shape index (κ3) is 41.6. The van der Waals surface area contributed by atoms with Crippen molar-refractivity contribution in [3.63, 3.8) is 0 Å². The van der Waals surface area contributed by atoms with E-state index in [1.807, 2.05) is 0 Å². The first-order chi connectivity index (χ1) is 28.5. The Kier molecular flexibility index (Phi) is 46.0. The molecule has 0 spiro atoms. The van der Waals surface area contributed by atoms with Crippen LogP contribution in [0.25, 0.3) is 0 Å². The second kappa shape index (κ2) is 46.9. The number of unbranched alkanes of at least 4 members (excludes halogenated alkanes) is 36. The summed E-state index contributed by atoms with van der Waals surface area (Å²) in [6.45, 7) is 6.50. The van der Waals surface area contributed by atoms with E-state index in [1.165, 1.54) is 205 Å². The van der Waals surface area contributed by atoms with Gasteiger partial charge >= 0.3 is 5.97 Å². The topological polar surface area (TPSA) is 95.9 Å². The summed E-state index contributed by atoms with van der Waals surface area (Å²) in [7, 11) is 0. The van der Waals surface area contributed by atoms with Crippen molar-refractivity contribution in [2.45, 2.75) is 315 Å². The van der Waals surface area contributed by atoms with Gasteiger partial charge in [0.15, 0.2) is 0 Å². The van der Waals surface area contributed by atoms with E-state index in [2.05, 4.69) is 26.1 Å². The van der Waals surface area contributed by atoms with Crippen LogP contribution in [0.5, 0.6) is 0 Å². The second-order valence-electron chi connectivity index (χ2n) is 18.3. The third-order valence-electron chi connectivity index (χ3n) is 12.4. The lowest BCUT2D eigenvalue weighted by molar-refractivity contribution is -0.151. The van der Waals surface area contributed by atoms with Gasteiger partial charge in [0.2, 0.25) is 5.91 Å². The number of carbonyl (C=O) groups excluding carboxylic acids is 2. The largest absolute Gasteiger partial charge is 0.462 e. The number of amides is 1. The fraction of sp³-hybridized carbons (Fsp3) is 0.962. The molecular formula is C52H103NO5. The van der Waals surface area contributed by atoms with Gasteiger partial charge in [-0.3, -0.25) is 9.59 Å². The van der Waals surface area contributed by atoms with Gasteiger partial charge in [0, 0.05) is 6.42 Å². The van der Waals surface area contributed by atoms with E-state index < -0.39 is 18.2 Å². The number of rotatable bonds is 48. The number of hydrogen-bond donors (Lipinski definition) is 3. The van der Waals surface area contributed by atoms with E-state index >= 15 is 0 Å². The number of aliphatic hydroxyl groups is 2. The van der Waals surface area contributed by atoms with Crippen LogP contribution >= 0.6 is 0 Å². The molecule has 0 aliphatic carbocycles. The van der Waals surface area contributed by atoms with Crippen molar-refractivity contribution in [1.82, 2.24) is 5.32 Å². The molecule has 0 fully saturated rings. The minimum atomic E-state index is -0.779. The van der Waals surface area contributed by atoms with Crippen LogP contribution in [0.15, 0.2) is 0 Å². The molecule has 3 atom stereocenters. The summed E-state index contributed by atoms with van der Waals surface area (Å²) < 4.78 is 5.93. The normalized spacial score (nSPS) is 13.1. The van der Waals surface area contributed by atoms with Crippen LogP contribution in [-0.4, -0.2) is 46.9 Å². The lowest BCUT2D eigenvalue weighted by atomic mass is 10.0. The van der Waals surface area contributed by atoms with E-state index in [-0.39, 0.29) is 24.9 Å². The Balaban J connectivity index is 4.48. The molecule has 3 unspecified atom stereocenters. The van der Waals surface area contributed by atoms with Crippen molar-refractivity contribution in [2.24, 2.45) is 0 Å². The molecule has 0 aromatic heterocycles. The van der Waals surface area contributed by atoms with Crippen molar-refractivity contribution in [3.05, 3.63) is 0 Å². The molecule has 0 bridgehead atoms. The van der Waals surface area contributed by atoms with Gasteiger partial charge in [-0.1, -0.05) is 258 Å². The van der Waals surface area contributed by atoms with E-state index in [1.54, 1.807) is 0 Å². The molecule has 0 aliphatic heterocycles. The summed E-state index contributed by atoms with van der Waals surface area (Å²) in [5.74, 6) is -0.452. The van der Waals surface area contributed by atoms with Gasteiger partial charge in [0.05, 0.1) is 25.2 Å². The first-order valence-corrected chi connectivity index (χ1v) is 26.3. The molecule has 6 heteroatoms. The minimum absolute atomic E-state index is 0.0878. The zero-order valence-electron chi connectivity index (χ0n) is 39.5. The second-order valence-corrected chi connectivity index (χ2v) is 18.3. The van der Waals surface area contributed by atoms with E-state index in [0.29, 0.717) is 19.3 Å². The molecule has 6 nitrogen and oxygen atoms in total. The number of hydrogen-bond acceptors (Lipinski definition) is 5. The summed E-state index contributed by atoms with van der Waals surface area (Å²) >= 11 is 0. The van der Waals surface area contributed by atoms with Crippen molar-refractivity contribution in [1.29, 1.82) is 0 Å². The molecule has 0 heterocycles. The highest BCUT2D eigenvalue weighted by Gasteiger charge is 2.24. The van der Waals surface area contributed by atoms with E-state index in [4.69, 9.17) is 4.74 Å². The van der Waals surface area contributed by atoms with E-state index in [0.717, 1.165) is 44.9 Å². The van der Waals surface area contributed by atoms with Crippen molar-refractivity contribution in [2.75, 3.05) is 6.61 Å². The Bertz CT molecular complexity index is 837. The van der Waals surface area contributed by atoms with Crippen molar-refractivity contribution in [3.8, 4) is 0 Å². The first-order valence-electron chi connectivity index (χ1n) is 26.3. The van der Waals surface area contributed by atoms with Crippen LogP contribution < -0.4 is 5.32 Å². The Morgan fingerprint density at radius 3 is 1.05 bits per heavy atom. The summed E-state index contributed by atoms with van der Waals surface area (Å²) in [6, 6.07) is -0.691. The highest BCUT2D eigenvalue weighted by molar-refractivity contribution is 5.77. The number of esters is 1. The average Bonchev–Trinajstić information content (AvgIpc) is 3.22. The summed E-state index contributed by atoms with van der Waals surface area (Å²) in [5, 5.41) is 23.8. The van der Waals surface area contributed by atoms with Gasteiger partial charge in [-0.25, -0.2) is 0 Å². The van der Waals surface area contributed by atoms with Gasteiger partial charge in [0.25, 0.3) is 0 Å². The maximum atomic E-state index is 13.2. The SMILES string of the molecule is CCCCCCCCCCCCCCCCCC(CC(=O)NC(CO)C(O)CCCCCCCCCCCCCCCC)OC(=O)CCCCCCCCCCCC. The number of ether oxygens (including phenoxy) is 1. The van der Waals surface area contributed by atoms with Gasteiger partial charge < -0.3 is 20.3 Å². The average molecular weight is 822 g/mol. The molecule has 58 heavy (non-hydrogen) atoms. The number of aliphatic hydroxyl groups excluding tert-OH is 2. The smallest absolute Gasteiger partial charge is 0.306 e. The van der Waals surface area contributed by atoms with Gasteiger partial charge in [-0.05, 0) is 25.7 Å². The molecule has 0 radical (unpaired) electrons. The summed E-state index contributed by atoms with van der Waals surface area (Å²) in [5.41, 5.74) is 0. The summed E-state index contributed by atoms with van der Waals surface area (Å²) in [4.78, 5) is 26.1. The quantitative estimate of drug-likeness (QED) is 0.0420. The van der Waals surface area contributed by atoms with Crippen LogP contribution in [0.2, 0.25) is 0 Å². The van der Waals surface area contributed by atoms with Crippen LogP contribution in [0, 0.1) is 0 Å². The summed E-state index contributed by atoms with van der Waals surface area (Å²) in [6.07, 6.45) is 50.2. The van der Waals surface area contributed by atoms with E-state index in [9.17, 15) is 19.8 Å². The third-order valence-corrected chi connectivity index (χ3v) is 12.4. The Morgan fingerprint density at radius 1 is 0.431 bits per heavy atom. The number of carbonyl (C=O) groups is 2. The maximum absolute atomic E-state index is 13.2. The van der Waals surface area contributed by atoms with Crippen molar-refractivity contribution >= 4 is 11.9 Å². The van der Waals surface area contributed by atoms with Crippen LogP contribution in [0.3, 0.4) is 0 Å². The molecular weight excluding hydrogens is 719 g/mol. The Hall–Kier alpha value is -1.14. The molecule has 0 rings (SSSR count). The van der Waals surface area contributed by atoms with Gasteiger partial charge in [-0.2, -0.15) is 0 Å². The van der Waals surface area contributed by atoms with Crippen LogP contribution in [0.4, 0.5) is 0 Å². The molecule has 3 N–H and O–H groups in total.